The van der Waals surface area contributed by atoms with Crippen LogP contribution in [0.25, 0.3) is 98.4 Å². The lowest BCUT2D eigenvalue weighted by Gasteiger charge is -2.22. The van der Waals surface area contributed by atoms with Gasteiger partial charge in [-0.25, -0.2) is 0 Å². The second kappa shape index (κ2) is 9.77. The molecule has 0 heterocycles. The molecule has 0 amide bonds. The van der Waals surface area contributed by atoms with E-state index in [0.29, 0.717) is 0 Å². The van der Waals surface area contributed by atoms with E-state index in [-0.39, 0.29) is 0 Å². The minimum absolute atomic E-state index is 0.722. The summed E-state index contributed by atoms with van der Waals surface area (Å²) in [7, 11) is 0. The summed E-state index contributed by atoms with van der Waals surface area (Å²) in [6, 6.07) is 53.5. The fraction of sp³-hybridized carbons (Fsp3) is 0. The molecular weight excluding hydrogens is 644 g/mol. The Kier molecular flexibility index (Phi) is 5.58. The van der Waals surface area contributed by atoms with Crippen LogP contribution < -0.4 is 0 Å². The topological polar surface area (TPSA) is 0 Å². The first-order valence-corrected chi connectivity index (χ1v) is 16.7. The maximum atomic E-state index is 6.57. The second-order valence-electron chi connectivity index (χ2n) is 12.2. The Bertz CT molecular complexity index is 2740. The van der Waals surface area contributed by atoms with Crippen LogP contribution in [-0.2, 0) is 0 Å². The van der Waals surface area contributed by atoms with Gasteiger partial charge < -0.3 is 0 Å². The summed E-state index contributed by atoms with van der Waals surface area (Å²) in [6.07, 6.45) is 0. The van der Waals surface area contributed by atoms with Crippen molar-refractivity contribution in [2.75, 3.05) is 0 Å². The summed E-state index contributed by atoms with van der Waals surface area (Å²) in [4.78, 5) is 0. The van der Waals surface area contributed by atoms with E-state index in [2.05, 4.69) is 162 Å². The molecule has 0 N–H and O–H groups in total. The molecule has 46 heavy (non-hydrogen) atoms. The van der Waals surface area contributed by atoms with E-state index in [0.717, 1.165) is 14.9 Å². The molecule has 0 atom stereocenters. The molecule has 9 aromatic rings. The van der Waals surface area contributed by atoms with E-state index in [1.54, 1.807) is 0 Å². The highest BCUT2D eigenvalue weighted by molar-refractivity contribution is 9.10. The van der Waals surface area contributed by atoms with E-state index in [1.165, 1.54) is 93.0 Å². The third kappa shape index (κ3) is 3.56. The lowest BCUT2D eigenvalue weighted by Crippen LogP contribution is -1.95. The Labute approximate surface area is 279 Å². The molecule has 1 aliphatic rings. The molecule has 0 radical (unpaired) electrons. The van der Waals surface area contributed by atoms with Gasteiger partial charge in [0, 0.05) is 4.47 Å². The first-order chi connectivity index (χ1) is 22.7. The van der Waals surface area contributed by atoms with Gasteiger partial charge in [0.15, 0.2) is 0 Å². The zero-order valence-electron chi connectivity index (χ0n) is 24.6. The van der Waals surface area contributed by atoms with Crippen LogP contribution in [0.3, 0.4) is 0 Å². The van der Waals surface area contributed by atoms with Crippen LogP contribution >= 0.6 is 27.5 Å². The summed E-state index contributed by atoms with van der Waals surface area (Å²) in [5.74, 6) is 0. The van der Waals surface area contributed by atoms with Gasteiger partial charge in [-0.15, -0.1) is 0 Å². The van der Waals surface area contributed by atoms with Gasteiger partial charge in [0.2, 0.25) is 0 Å². The predicted octanol–water partition coefficient (Wildman–Crippen LogP) is 13.8. The molecular formula is C44H24BrCl. The predicted molar refractivity (Wildman–Crippen MR) is 202 cm³/mol. The second-order valence-corrected chi connectivity index (χ2v) is 13.5. The van der Waals surface area contributed by atoms with Crippen LogP contribution in [-0.4, -0.2) is 0 Å². The number of hydrogen-bond acceptors (Lipinski definition) is 0. The minimum atomic E-state index is 0.722. The Morgan fingerprint density at radius 3 is 1.78 bits per heavy atom. The van der Waals surface area contributed by atoms with Gasteiger partial charge in [-0.1, -0.05) is 139 Å². The first kappa shape index (κ1) is 26.3. The van der Waals surface area contributed by atoms with Gasteiger partial charge in [0.05, 0.1) is 5.02 Å². The molecule has 1 aliphatic carbocycles. The molecule has 2 heteroatoms. The van der Waals surface area contributed by atoms with Crippen LogP contribution in [0.5, 0.6) is 0 Å². The Morgan fingerprint density at radius 2 is 0.978 bits per heavy atom. The lowest BCUT2D eigenvalue weighted by molar-refractivity contribution is 1.63. The normalized spacial score (nSPS) is 12.1. The molecule has 0 unspecified atom stereocenters. The number of fused-ring (bicyclic) bond motifs is 10. The zero-order valence-corrected chi connectivity index (χ0v) is 27.0. The third-order valence-corrected chi connectivity index (χ3v) is 11.1. The van der Waals surface area contributed by atoms with Crippen molar-refractivity contribution < 1.29 is 0 Å². The van der Waals surface area contributed by atoms with Crippen LogP contribution in [0.1, 0.15) is 0 Å². The minimum Gasteiger partial charge on any atom is -0.0831 e. The molecule has 9 aromatic carbocycles. The van der Waals surface area contributed by atoms with Crippen molar-refractivity contribution in [1.29, 1.82) is 0 Å². The summed E-state index contributed by atoms with van der Waals surface area (Å²) in [6.45, 7) is 0. The van der Waals surface area contributed by atoms with Crippen molar-refractivity contribution in [2.45, 2.75) is 0 Å². The van der Waals surface area contributed by atoms with Crippen molar-refractivity contribution in [1.82, 2.24) is 0 Å². The largest absolute Gasteiger partial charge is 0.0831 e. The van der Waals surface area contributed by atoms with Gasteiger partial charge in [-0.05, 0) is 132 Å². The monoisotopic (exact) mass is 666 g/mol. The highest BCUT2D eigenvalue weighted by Gasteiger charge is 2.31. The molecule has 0 saturated heterocycles. The average molecular weight is 668 g/mol. The number of hydrogen-bond donors (Lipinski definition) is 0. The summed E-state index contributed by atoms with van der Waals surface area (Å²) >= 11 is 10.3. The molecule has 0 nitrogen and oxygen atoms in total. The summed E-state index contributed by atoms with van der Waals surface area (Å²) in [5.41, 5.74) is 10.3. The van der Waals surface area contributed by atoms with Crippen molar-refractivity contribution in [3.05, 3.63) is 155 Å². The first-order valence-electron chi connectivity index (χ1n) is 15.6. The molecule has 0 aliphatic heterocycles. The highest BCUT2D eigenvalue weighted by atomic mass is 79.9. The van der Waals surface area contributed by atoms with E-state index < -0.39 is 0 Å². The van der Waals surface area contributed by atoms with E-state index in [1.807, 2.05) is 0 Å². The molecule has 0 bridgehead atoms. The van der Waals surface area contributed by atoms with Crippen LogP contribution in [0.15, 0.2) is 150 Å². The van der Waals surface area contributed by atoms with Crippen LogP contribution in [0.2, 0.25) is 5.02 Å². The van der Waals surface area contributed by atoms with E-state index >= 15 is 0 Å². The standard InChI is InChI=1S/C44H24BrCl/c45-37-24-35-28(23-38(37)46)18-19-32-30(35)20-21-34-39(25-10-3-1-4-11-25)43-33-17-9-16-31-29-15-8-7-14-27(29)22-36(41(31)33)44(43)40(42(32)34)26-12-5-2-6-13-26/h1-24H. The van der Waals surface area contributed by atoms with E-state index in [4.69, 9.17) is 11.6 Å². The molecule has 214 valence electrons. The molecule has 0 spiro atoms. The molecule has 0 saturated carbocycles. The Morgan fingerprint density at radius 1 is 0.370 bits per heavy atom. The van der Waals surface area contributed by atoms with Gasteiger partial charge in [-0.2, -0.15) is 0 Å². The van der Waals surface area contributed by atoms with E-state index in [9.17, 15) is 0 Å². The SMILES string of the molecule is Clc1cc2ccc3c(ccc4c(-c5ccccc5)c5c(c(-c6ccccc6)c43)-c3cc4ccccc4c4cccc-5c34)c2cc1Br. The van der Waals surface area contributed by atoms with Gasteiger partial charge in [0.25, 0.3) is 0 Å². The number of rotatable bonds is 2. The fourth-order valence-corrected chi connectivity index (χ4v) is 8.54. The van der Waals surface area contributed by atoms with Crippen molar-refractivity contribution in [2.24, 2.45) is 0 Å². The summed E-state index contributed by atoms with van der Waals surface area (Å²) < 4.78 is 0.908. The van der Waals surface area contributed by atoms with Gasteiger partial charge in [-0.3, -0.25) is 0 Å². The highest BCUT2D eigenvalue weighted by Crippen LogP contribution is 2.59. The van der Waals surface area contributed by atoms with Crippen LogP contribution in [0.4, 0.5) is 0 Å². The maximum absolute atomic E-state index is 6.57. The Hall–Kier alpha value is -4.95. The van der Waals surface area contributed by atoms with Crippen molar-refractivity contribution in [3.8, 4) is 44.5 Å². The summed E-state index contributed by atoms with van der Waals surface area (Å²) in [5, 5.41) is 13.3. The van der Waals surface area contributed by atoms with Crippen molar-refractivity contribution in [3.63, 3.8) is 0 Å². The maximum Gasteiger partial charge on any atom is 0.0554 e. The average Bonchev–Trinajstić information content (AvgIpc) is 3.42. The quantitative estimate of drug-likeness (QED) is 0.161. The molecule has 0 aromatic heterocycles. The third-order valence-electron chi connectivity index (χ3n) is 9.88. The van der Waals surface area contributed by atoms with Crippen molar-refractivity contribution >= 4 is 81.4 Å². The van der Waals surface area contributed by atoms with Gasteiger partial charge >= 0.3 is 0 Å². The lowest BCUT2D eigenvalue weighted by atomic mass is 9.80. The van der Waals surface area contributed by atoms with Crippen LogP contribution in [0, 0.1) is 0 Å². The number of halogens is 2. The van der Waals surface area contributed by atoms with Gasteiger partial charge in [0.1, 0.15) is 0 Å². The molecule has 10 rings (SSSR count). The zero-order chi connectivity index (χ0) is 30.5. The smallest absolute Gasteiger partial charge is 0.0554 e. The Balaban J connectivity index is 1.51. The number of benzene rings is 9. The molecule has 0 fully saturated rings. The fourth-order valence-electron chi connectivity index (χ4n) is 8.03.